The van der Waals surface area contributed by atoms with Crippen molar-refractivity contribution in [3.05, 3.63) is 24.0 Å². The van der Waals surface area contributed by atoms with E-state index in [0.29, 0.717) is 6.10 Å². The van der Waals surface area contributed by atoms with E-state index in [9.17, 15) is 4.79 Å². The second-order valence-electron chi connectivity index (χ2n) is 4.14. The largest absolute Gasteiger partial charge is 0.385 e. The molecule has 3 N–H and O–H groups in total. The molecule has 0 saturated carbocycles. The number of anilines is 1. The van der Waals surface area contributed by atoms with Gasteiger partial charge in [0.1, 0.15) is 5.69 Å². The zero-order chi connectivity index (χ0) is 12.1. The van der Waals surface area contributed by atoms with E-state index in [0.717, 1.165) is 38.1 Å². The molecule has 1 fully saturated rings. The number of carbonyl (C=O) groups is 1. The van der Waals surface area contributed by atoms with Crippen molar-refractivity contribution in [2.75, 3.05) is 18.5 Å². The minimum Gasteiger partial charge on any atom is -0.385 e. The number of rotatable bonds is 5. The molecule has 5 heteroatoms. The summed E-state index contributed by atoms with van der Waals surface area (Å²) in [6.45, 7) is 1.71. The average molecular weight is 235 g/mol. The lowest BCUT2D eigenvalue weighted by Crippen LogP contribution is -2.15. The van der Waals surface area contributed by atoms with Crippen molar-refractivity contribution in [3.63, 3.8) is 0 Å². The van der Waals surface area contributed by atoms with Gasteiger partial charge in [0, 0.05) is 25.0 Å². The quantitative estimate of drug-likeness (QED) is 0.803. The van der Waals surface area contributed by atoms with Gasteiger partial charge in [0.2, 0.25) is 0 Å². The first-order chi connectivity index (χ1) is 8.25. The van der Waals surface area contributed by atoms with Gasteiger partial charge >= 0.3 is 0 Å². The van der Waals surface area contributed by atoms with Crippen LogP contribution >= 0.6 is 0 Å². The summed E-state index contributed by atoms with van der Waals surface area (Å²) in [5.74, 6) is -0.507. The Bertz CT molecular complexity index is 389. The molecule has 0 aliphatic carbocycles. The predicted molar refractivity (Wildman–Crippen MR) is 64.8 cm³/mol. The first-order valence-corrected chi connectivity index (χ1v) is 5.87. The van der Waals surface area contributed by atoms with Crippen molar-refractivity contribution in [1.82, 2.24) is 4.98 Å². The molecule has 1 aromatic heterocycles. The van der Waals surface area contributed by atoms with Gasteiger partial charge in [-0.15, -0.1) is 0 Å². The van der Waals surface area contributed by atoms with Crippen molar-refractivity contribution in [2.24, 2.45) is 5.73 Å². The molecule has 1 aromatic rings. The number of nitrogens with zero attached hydrogens (tertiary/aromatic N) is 1. The number of hydrogen-bond acceptors (Lipinski definition) is 4. The summed E-state index contributed by atoms with van der Waals surface area (Å²) >= 11 is 0. The van der Waals surface area contributed by atoms with Crippen molar-refractivity contribution >= 4 is 11.6 Å². The van der Waals surface area contributed by atoms with Crippen LogP contribution in [-0.4, -0.2) is 30.1 Å². The maximum Gasteiger partial charge on any atom is 0.267 e. The van der Waals surface area contributed by atoms with Crippen LogP contribution in [-0.2, 0) is 4.74 Å². The third-order valence-electron chi connectivity index (χ3n) is 2.83. The Morgan fingerprint density at radius 2 is 2.53 bits per heavy atom. The fourth-order valence-electron chi connectivity index (χ4n) is 1.92. The van der Waals surface area contributed by atoms with Gasteiger partial charge in [-0.2, -0.15) is 0 Å². The van der Waals surface area contributed by atoms with Gasteiger partial charge in [-0.25, -0.2) is 0 Å². The van der Waals surface area contributed by atoms with E-state index in [1.807, 2.05) is 6.07 Å². The molecule has 0 bridgehead atoms. The summed E-state index contributed by atoms with van der Waals surface area (Å²) in [4.78, 5) is 14.8. The zero-order valence-electron chi connectivity index (χ0n) is 9.69. The fraction of sp³-hybridized carbons (Fsp3) is 0.500. The van der Waals surface area contributed by atoms with Gasteiger partial charge in [-0.3, -0.25) is 9.78 Å². The van der Waals surface area contributed by atoms with E-state index in [-0.39, 0.29) is 5.69 Å². The van der Waals surface area contributed by atoms with Gasteiger partial charge in [-0.05, 0) is 31.4 Å². The number of aromatic nitrogens is 1. The van der Waals surface area contributed by atoms with Crippen LogP contribution in [0.15, 0.2) is 18.3 Å². The van der Waals surface area contributed by atoms with Gasteiger partial charge in [0.15, 0.2) is 0 Å². The van der Waals surface area contributed by atoms with Gasteiger partial charge in [0.25, 0.3) is 5.91 Å². The molecule has 1 atom stereocenters. The lowest BCUT2D eigenvalue weighted by Gasteiger charge is -2.11. The molecule has 2 heterocycles. The van der Waals surface area contributed by atoms with Crippen molar-refractivity contribution in [1.29, 1.82) is 0 Å². The summed E-state index contributed by atoms with van der Waals surface area (Å²) in [6.07, 6.45) is 5.24. The number of carbonyl (C=O) groups excluding carboxylic acids is 1. The number of ether oxygens (including phenoxy) is 1. The Hall–Kier alpha value is -1.62. The number of hydrogen-bond donors (Lipinski definition) is 2. The van der Waals surface area contributed by atoms with E-state index in [2.05, 4.69) is 10.3 Å². The third kappa shape index (κ3) is 3.42. The van der Waals surface area contributed by atoms with Crippen LogP contribution in [0.5, 0.6) is 0 Å². The lowest BCUT2D eigenvalue weighted by atomic mass is 10.2. The third-order valence-corrected chi connectivity index (χ3v) is 2.83. The normalized spacial score (nSPS) is 19.2. The van der Waals surface area contributed by atoms with Crippen molar-refractivity contribution in [2.45, 2.75) is 25.4 Å². The summed E-state index contributed by atoms with van der Waals surface area (Å²) < 4.78 is 5.53. The Kier molecular flexibility index (Phi) is 3.93. The standard InChI is InChI=1S/C12H17N3O2/c13-12(16)11-8-9(3-5-15-11)14-6-4-10-2-1-7-17-10/h3,5,8,10H,1-2,4,6-7H2,(H2,13,16)(H,14,15). The second kappa shape index (κ2) is 5.63. The van der Waals surface area contributed by atoms with Crippen LogP contribution in [0.25, 0.3) is 0 Å². The Balaban J connectivity index is 1.81. The van der Waals surface area contributed by atoms with Crippen molar-refractivity contribution in [3.8, 4) is 0 Å². The zero-order valence-corrected chi connectivity index (χ0v) is 9.69. The maximum atomic E-state index is 10.9. The van der Waals surface area contributed by atoms with Gasteiger partial charge in [0.05, 0.1) is 6.10 Å². The molecule has 0 radical (unpaired) electrons. The van der Waals surface area contributed by atoms with Gasteiger partial charge in [-0.1, -0.05) is 0 Å². The maximum absolute atomic E-state index is 10.9. The van der Waals surface area contributed by atoms with Crippen LogP contribution in [0.3, 0.4) is 0 Å². The highest BCUT2D eigenvalue weighted by Crippen LogP contribution is 2.15. The minimum absolute atomic E-state index is 0.284. The molecular formula is C12H17N3O2. The number of primary amides is 1. The SMILES string of the molecule is NC(=O)c1cc(NCCC2CCCO2)ccn1. The summed E-state index contributed by atoms with van der Waals surface area (Å²) in [6, 6.07) is 3.49. The smallest absolute Gasteiger partial charge is 0.267 e. The Morgan fingerprint density at radius 3 is 3.24 bits per heavy atom. The molecule has 17 heavy (non-hydrogen) atoms. The monoisotopic (exact) mass is 235 g/mol. The van der Waals surface area contributed by atoms with Crippen LogP contribution in [0, 0.1) is 0 Å². The van der Waals surface area contributed by atoms with E-state index < -0.39 is 5.91 Å². The van der Waals surface area contributed by atoms with Crippen LogP contribution in [0.4, 0.5) is 5.69 Å². The minimum atomic E-state index is -0.507. The summed E-state index contributed by atoms with van der Waals surface area (Å²) in [5, 5.41) is 3.24. The Labute approximate surface area is 100 Å². The molecule has 0 aromatic carbocycles. The molecule has 1 amide bonds. The second-order valence-corrected chi connectivity index (χ2v) is 4.14. The molecule has 2 rings (SSSR count). The number of amides is 1. The number of nitrogens with one attached hydrogen (secondary N) is 1. The highest BCUT2D eigenvalue weighted by Gasteiger charge is 2.14. The summed E-state index contributed by atoms with van der Waals surface area (Å²) in [5.41, 5.74) is 6.31. The molecule has 5 nitrogen and oxygen atoms in total. The van der Waals surface area contributed by atoms with Crippen LogP contribution in [0.1, 0.15) is 29.8 Å². The van der Waals surface area contributed by atoms with Crippen LogP contribution < -0.4 is 11.1 Å². The first-order valence-electron chi connectivity index (χ1n) is 5.87. The van der Waals surface area contributed by atoms with Gasteiger partial charge < -0.3 is 15.8 Å². The van der Waals surface area contributed by atoms with E-state index in [1.165, 1.54) is 0 Å². The van der Waals surface area contributed by atoms with E-state index in [1.54, 1.807) is 12.3 Å². The lowest BCUT2D eigenvalue weighted by molar-refractivity contribution is 0.0995. The van der Waals surface area contributed by atoms with E-state index >= 15 is 0 Å². The molecule has 92 valence electrons. The summed E-state index contributed by atoms with van der Waals surface area (Å²) in [7, 11) is 0. The highest BCUT2D eigenvalue weighted by atomic mass is 16.5. The molecule has 1 aliphatic heterocycles. The van der Waals surface area contributed by atoms with E-state index in [4.69, 9.17) is 10.5 Å². The van der Waals surface area contributed by atoms with Crippen LogP contribution in [0.2, 0.25) is 0 Å². The Morgan fingerprint density at radius 1 is 1.65 bits per heavy atom. The number of nitrogens with two attached hydrogens (primary N) is 1. The topological polar surface area (TPSA) is 77.2 Å². The van der Waals surface area contributed by atoms with Crippen molar-refractivity contribution < 1.29 is 9.53 Å². The molecule has 1 aliphatic rings. The predicted octanol–water partition coefficient (Wildman–Crippen LogP) is 1.16. The number of pyridine rings is 1. The fourth-order valence-corrected chi connectivity index (χ4v) is 1.92. The molecular weight excluding hydrogens is 218 g/mol. The first kappa shape index (κ1) is 11.9. The average Bonchev–Trinajstić information content (AvgIpc) is 2.82. The highest BCUT2D eigenvalue weighted by molar-refractivity contribution is 5.91. The molecule has 0 spiro atoms. The molecule has 1 saturated heterocycles. The molecule has 1 unspecified atom stereocenters.